The van der Waals surface area contributed by atoms with Crippen LogP contribution >= 0.6 is 0 Å². The maximum atomic E-state index is 9.66. The van der Waals surface area contributed by atoms with Crippen LogP contribution in [0, 0.1) is 12.3 Å². The molecule has 26 heavy (non-hydrogen) atoms. The van der Waals surface area contributed by atoms with E-state index in [2.05, 4.69) is 11.8 Å². The number of aliphatic hydroxyl groups excluding tert-OH is 1. The fraction of sp³-hybridized carbons (Fsp3) is 0.550. The van der Waals surface area contributed by atoms with Crippen molar-refractivity contribution in [1.82, 2.24) is 9.88 Å². The van der Waals surface area contributed by atoms with E-state index in [1.165, 1.54) is 0 Å². The summed E-state index contributed by atoms with van der Waals surface area (Å²) in [4.78, 5) is 7.07. The van der Waals surface area contributed by atoms with Crippen LogP contribution in [0.3, 0.4) is 0 Å². The molecule has 142 valence electrons. The summed E-state index contributed by atoms with van der Waals surface area (Å²) in [5.74, 6) is 2.77. The number of aromatic nitrogens is 1. The van der Waals surface area contributed by atoms with Crippen molar-refractivity contribution in [2.24, 2.45) is 5.41 Å². The van der Waals surface area contributed by atoms with Crippen LogP contribution in [-0.4, -0.2) is 48.9 Å². The molecule has 0 amide bonds. The van der Waals surface area contributed by atoms with E-state index in [-0.39, 0.29) is 12.0 Å². The Morgan fingerprint density at radius 3 is 2.81 bits per heavy atom. The molecule has 1 aliphatic rings. The van der Waals surface area contributed by atoms with E-state index in [0.29, 0.717) is 11.6 Å². The third kappa shape index (κ3) is 3.86. The van der Waals surface area contributed by atoms with Crippen LogP contribution in [0.5, 0.6) is 11.5 Å². The molecule has 0 radical (unpaired) electrons. The molecule has 1 aromatic carbocycles. The first-order valence-electron chi connectivity index (χ1n) is 9.00. The molecule has 0 bridgehead atoms. The van der Waals surface area contributed by atoms with E-state index in [1.807, 2.05) is 25.1 Å². The SMILES string of the molecule is COc1ccc(OC)c(-c2nc(CN3CCCC(C)(CO)C3)c(C)o2)c1. The van der Waals surface area contributed by atoms with E-state index in [1.54, 1.807) is 14.2 Å². The third-order valence-corrected chi connectivity index (χ3v) is 5.14. The van der Waals surface area contributed by atoms with Crippen LogP contribution in [0.15, 0.2) is 22.6 Å². The molecule has 0 aliphatic carbocycles. The average molecular weight is 360 g/mol. The minimum Gasteiger partial charge on any atom is -0.497 e. The molecule has 2 heterocycles. The molecule has 2 aromatic rings. The van der Waals surface area contributed by atoms with Crippen molar-refractivity contribution in [1.29, 1.82) is 0 Å². The Bertz CT molecular complexity index is 758. The lowest BCUT2D eigenvalue weighted by molar-refractivity contribution is 0.0422. The molecule has 0 spiro atoms. The van der Waals surface area contributed by atoms with Gasteiger partial charge in [0, 0.05) is 25.1 Å². The number of hydrogen-bond donors (Lipinski definition) is 1. The van der Waals surface area contributed by atoms with Crippen molar-refractivity contribution in [2.75, 3.05) is 33.9 Å². The van der Waals surface area contributed by atoms with Gasteiger partial charge in [0.2, 0.25) is 5.89 Å². The maximum absolute atomic E-state index is 9.66. The highest BCUT2D eigenvalue weighted by Crippen LogP contribution is 2.35. The van der Waals surface area contributed by atoms with Gasteiger partial charge in [-0.3, -0.25) is 4.90 Å². The Labute approximate surface area is 154 Å². The first kappa shape index (κ1) is 18.7. The second-order valence-electron chi connectivity index (χ2n) is 7.37. The molecule has 1 fully saturated rings. The number of nitrogens with zero attached hydrogens (tertiary/aromatic N) is 2. The van der Waals surface area contributed by atoms with Gasteiger partial charge < -0.3 is 19.0 Å². The fourth-order valence-corrected chi connectivity index (χ4v) is 3.57. The molecular weight excluding hydrogens is 332 g/mol. The zero-order chi connectivity index (χ0) is 18.7. The summed E-state index contributed by atoms with van der Waals surface area (Å²) in [7, 11) is 3.26. The molecule has 6 heteroatoms. The number of benzene rings is 1. The highest BCUT2D eigenvalue weighted by molar-refractivity contribution is 5.65. The first-order chi connectivity index (χ1) is 12.5. The number of ether oxygens (including phenoxy) is 2. The van der Waals surface area contributed by atoms with Gasteiger partial charge in [-0.05, 0) is 44.5 Å². The summed E-state index contributed by atoms with van der Waals surface area (Å²) >= 11 is 0. The second-order valence-corrected chi connectivity index (χ2v) is 7.37. The van der Waals surface area contributed by atoms with Crippen molar-refractivity contribution in [3.63, 3.8) is 0 Å². The highest BCUT2D eigenvalue weighted by Gasteiger charge is 2.31. The Morgan fingerprint density at radius 1 is 1.31 bits per heavy atom. The predicted octanol–water partition coefficient (Wildman–Crippen LogP) is 3.26. The maximum Gasteiger partial charge on any atom is 0.230 e. The Hall–Kier alpha value is -2.05. The van der Waals surface area contributed by atoms with E-state index < -0.39 is 0 Å². The normalized spacial score (nSPS) is 21.0. The van der Waals surface area contributed by atoms with E-state index in [4.69, 9.17) is 18.9 Å². The summed E-state index contributed by atoms with van der Waals surface area (Å²) in [6.07, 6.45) is 2.15. The zero-order valence-corrected chi connectivity index (χ0v) is 16.0. The molecule has 3 rings (SSSR count). The molecule has 1 atom stereocenters. The van der Waals surface area contributed by atoms with Gasteiger partial charge in [0.1, 0.15) is 17.3 Å². The van der Waals surface area contributed by atoms with Crippen LogP contribution in [0.25, 0.3) is 11.5 Å². The van der Waals surface area contributed by atoms with Gasteiger partial charge in [-0.25, -0.2) is 4.98 Å². The summed E-state index contributed by atoms with van der Waals surface area (Å²) in [5, 5.41) is 9.66. The lowest BCUT2D eigenvalue weighted by Gasteiger charge is -2.39. The van der Waals surface area contributed by atoms with Crippen molar-refractivity contribution < 1.29 is 19.0 Å². The molecule has 1 aliphatic heterocycles. The predicted molar refractivity (Wildman–Crippen MR) is 99.5 cm³/mol. The zero-order valence-electron chi connectivity index (χ0n) is 16.0. The molecule has 0 saturated carbocycles. The van der Waals surface area contributed by atoms with Crippen LogP contribution < -0.4 is 9.47 Å². The lowest BCUT2D eigenvalue weighted by Crippen LogP contribution is -2.43. The van der Waals surface area contributed by atoms with Gasteiger partial charge in [-0.1, -0.05) is 6.92 Å². The largest absolute Gasteiger partial charge is 0.497 e. The van der Waals surface area contributed by atoms with Gasteiger partial charge in [0.05, 0.1) is 25.5 Å². The summed E-state index contributed by atoms with van der Waals surface area (Å²) in [5.41, 5.74) is 1.67. The number of likely N-dealkylation sites (tertiary alicyclic amines) is 1. The number of aryl methyl sites for hydroxylation is 1. The standard InChI is InChI=1S/C20H28N2O4/c1-14-17(11-22-9-5-8-20(2,12-22)13-23)21-19(26-14)16-10-15(24-3)6-7-18(16)25-4/h6-7,10,23H,5,8-9,11-13H2,1-4H3. The first-order valence-corrected chi connectivity index (χ1v) is 9.00. The van der Waals surface area contributed by atoms with Crippen molar-refractivity contribution in [2.45, 2.75) is 33.2 Å². The number of methoxy groups -OCH3 is 2. The summed E-state index contributed by atoms with van der Waals surface area (Å²) in [6.45, 7) is 6.90. The number of oxazole rings is 1. The third-order valence-electron chi connectivity index (χ3n) is 5.14. The summed E-state index contributed by atoms with van der Waals surface area (Å²) < 4.78 is 16.7. The fourth-order valence-electron chi connectivity index (χ4n) is 3.57. The Kier molecular flexibility index (Phi) is 5.53. The van der Waals surface area contributed by atoms with Gasteiger partial charge in [-0.2, -0.15) is 0 Å². The Morgan fingerprint density at radius 2 is 2.12 bits per heavy atom. The molecule has 6 nitrogen and oxygen atoms in total. The van der Waals surface area contributed by atoms with Crippen molar-refractivity contribution in [3.05, 3.63) is 29.7 Å². The lowest BCUT2D eigenvalue weighted by atomic mass is 9.83. The molecular formula is C20H28N2O4. The van der Waals surface area contributed by atoms with E-state index in [0.717, 1.165) is 55.2 Å². The minimum absolute atomic E-state index is 0.0330. The second kappa shape index (κ2) is 7.68. The average Bonchev–Trinajstić information content (AvgIpc) is 3.01. The molecule has 1 saturated heterocycles. The van der Waals surface area contributed by atoms with Crippen LogP contribution in [0.4, 0.5) is 0 Å². The quantitative estimate of drug-likeness (QED) is 0.853. The number of rotatable bonds is 6. The van der Waals surface area contributed by atoms with Crippen LogP contribution in [-0.2, 0) is 6.54 Å². The Balaban J connectivity index is 1.84. The molecule has 1 aromatic heterocycles. The van der Waals surface area contributed by atoms with E-state index >= 15 is 0 Å². The van der Waals surface area contributed by atoms with Crippen molar-refractivity contribution >= 4 is 0 Å². The van der Waals surface area contributed by atoms with E-state index in [9.17, 15) is 5.11 Å². The number of aliphatic hydroxyl groups is 1. The van der Waals surface area contributed by atoms with Crippen molar-refractivity contribution in [3.8, 4) is 23.0 Å². The number of hydrogen-bond acceptors (Lipinski definition) is 6. The topological polar surface area (TPSA) is 68.0 Å². The van der Waals surface area contributed by atoms with Crippen LogP contribution in [0.2, 0.25) is 0 Å². The van der Waals surface area contributed by atoms with Gasteiger partial charge in [0.15, 0.2) is 0 Å². The smallest absolute Gasteiger partial charge is 0.230 e. The number of piperidine rings is 1. The molecule has 1 unspecified atom stereocenters. The monoisotopic (exact) mass is 360 g/mol. The molecule has 1 N–H and O–H groups in total. The van der Waals surface area contributed by atoms with Crippen LogP contribution in [0.1, 0.15) is 31.2 Å². The highest BCUT2D eigenvalue weighted by atomic mass is 16.5. The minimum atomic E-state index is -0.0330. The van der Waals surface area contributed by atoms with Gasteiger partial charge in [-0.15, -0.1) is 0 Å². The van der Waals surface area contributed by atoms with Gasteiger partial charge >= 0.3 is 0 Å². The van der Waals surface area contributed by atoms with Gasteiger partial charge in [0.25, 0.3) is 0 Å². The summed E-state index contributed by atoms with van der Waals surface area (Å²) in [6, 6.07) is 5.57.